The normalized spacial score (nSPS) is 14.2. The molecule has 3 aromatic rings. The van der Waals surface area contributed by atoms with Crippen molar-refractivity contribution in [1.29, 1.82) is 0 Å². The standard InChI is InChI=1S/C23H18ClNO2S2/c24-18-10-8-16(9-11-18)12-13-25-22(26)20(19-7-4-14-28-19)21(23(25)27)29-15-17-5-2-1-3-6-17/h1-11,14H,12-13,15H2. The molecule has 2 amide bonds. The lowest BCUT2D eigenvalue weighted by atomic mass is 10.1. The molecule has 0 unspecified atom stereocenters. The number of thioether (sulfide) groups is 1. The summed E-state index contributed by atoms with van der Waals surface area (Å²) in [6, 6.07) is 21.3. The summed E-state index contributed by atoms with van der Waals surface area (Å²) in [5, 5.41) is 2.60. The molecule has 1 aliphatic heterocycles. The molecule has 0 aliphatic carbocycles. The second kappa shape index (κ2) is 8.99. The van der Waals surface area contributed by atoms with Gasteiger partial charge in [-0.25, -0.2) is 0 Å². The molecule has 0 bridgehead atoms. The first kappa shape index (κ1) is 20.0. The Kier molecular flexibility index (Phi) is 6.19. The molecule has 1 aliphatic rings. The van der Waals surface area contributed by atoms with E-state index in [0.717, 1.165) is 16.0 Å². The number of hydrogen-bond acceptors (Lipinski definition) is 4. The van der Waals surface area contributed by atoms with Crippen molar-refractivity contribution in [3.63, 3.8) is 0 Å². The highest BCUT2D eigenvalue weighted by atomic mass is 35.5. The van der Waals surface area contributed by atoms with Crippen LogP contribution >= 0.6 is 34.7 Å². The maximum atomic E-state index is 13.1. The van der Waals surface area contributed by atoms with Gasteiger partial charge in [-0.15, -0.1) is 23.1 Å². The summed E-state index contributed by atoms with van der Waals surface area (Å²) in [6.45, 7) is 0.351. The van der Waals surface area contributed by atoms with Crippen molar-refractivity contribution < 1.29 is 9.59 Å². The van der Waals surface area contributed by atoms with Gasteiger partial charge in [0.2, 0.25) is 0 Å². The van der Waals surface area contributed by atoms with E-state index in [1.54, 1.807) is 0 Å². The van der Waals surface area contributed by atoms with Crippen LogP contribution in [0.2, 0.25) is 5.02 Å². The lowest BCUT2D eigenvalue weighted by Gasteiger charge is -2.15. The maximum absolute atomic E-state index is 13.1. The van der Waals surface area contributed by atoms with Crippen molar-refractivity contribution in [3.8, 4) is 0 Å². The Bertz CT molecular complexity index is 1040. The van der Waals surface area contributed by atoms with E-state index in [9.17, 15) is 9.59 Å². The Morgan fingerprint density at radius 3 is 2.31 bits per heavy atom. The summed E-state index contributed by atoms with van der Waals surface area (Å²) < 4.78 is 0. The zero-order valence-corrected chi connectivity index (χ0v) is 17.9. The van der Waals surface area contributed by atoms with E-state index in [4.69, 9.17) is 11.6 Å². The van der Waals surface area contributed by atoms with Crippen molar-refractivity contribution in [1.82, 2.24) is 4.90 Å². The van der Waals surface area contributed by atoms with Crippen LogP contribution in [0.25, 0.3) is 5.57 Å². The third-order valence-electron chi connectivity index (χ3n) is 4.66. The molecule has 2 aromatic carbocycles. The third kappa shape index (κ3) is 4.47. The molecule has 3 nitrogen and oxygen atoms in total. The maximum Gasteiger partial charge on any atom is 0.268 e. The zero-order valence-electron chi connectivity index (χ0n) is 15.5. The first-order chi connectivity index (χ1) is 14.1. The van der Waals surface area contributed by atoms with Crippen LogP contribution in [0.3, 0.4) is 0 Å². The Morgan fingerprint density at radius 2 is 1.62 bits per heavy atom. The first-order valence-corrected chi connectivity index (χ1v) is 11.4. The molecular weight excluding hydrogens is 422 g/mol. The molecule has 0 saturated heterocycles. The van der Waals surface area contributed by atoms with Gasteiger partial charge in [0.25, 0.3) is 11.8 Å². The third-order valence-corrected chi connectivity index (χ3v) is 6.94. The molecule has 2 heterocycles. The van der Waals surface area contributed by atoms with E-state index in [1.807, 2.05) is 72.1 Å². The van der Waals surface area contributed by atoms with Crippen LogP contribution in [-0.2, 0) is 21.8 Å². The van der Waals surface area contributed by atoms with Gasteiger partial charge in [0.15, 0.2) is 0 Å². The van der Waals surface area contributed by atoms with Gasteiger partial charge in [0.05, 0.1) is 10.5 Å². The largest absolute Gasteiger partial charge is 0.273 e. The van der Waals surface area contributed by atoms with Gasteiger partial charge in [0.1, 0.15) is 0 Å². The first-order valence-electron chi connectivity index (χ1n) is 9.19. The molecule has 29 heavy (non-hydrogen) atoms. The number of carbonyl (C=O) groups excluding carboxylic acids is 2. The summed E-state index contributed by atoms with van der Waals surface area (Å²) >= 11 is 8.86. The Labute approximate surface area is 183 Å². The van der Waals surface area contributed by atoms with E-state index < -0.39 is 0 Å². The topological polar surface area (TPSA) is 37.4 Å². The van der Waals surface area contributed by atoms with Crippen LogP contribution < -0.4 is 0 Å². The second-order valence-corrected chi connectivity index (χ2v) is 8.96. The average Bonchev–Trinajstić information content (AvgIpc) is 3.34. The van der Waals surface area contributed by atoms with Crippen molar-refractivity contribution in [2.24, 2.45) is 0 Å². The fourth-order valence-electron chi connectivity index (χ4n) is 3.15. The fraction of sp³-hybridized carbons (Fsp3) is 0.130. The van der Waals surface area contributed by atoms with Crippen molar-refractivity contribution >= 4 is 52.1 Å². The van der Waals surface area contributed by atoms with E-state index in [0.29, 0.717) is 34.2 Å². The van der Waals surface area contributed by atoms with Crippen LogP contribution in [-0.4, -0.2) is 23.3 Å². The minimum Gasteiger partial charge on any atom is -0.273 e. The quantitative estimate of drug-likeness (QED) is 0.446. The monoisotopic (exact) mass is 439 g/mol. The van der Waals surface area contributed by atoms with Crippen molar-refractivity contribution in [2.75, 3.05) is 6.54 Å². The summed E-state index contributed by atoms with van der Waals surface area (Å²) in [4.78, 5) is 29.0. The highest BCUT2D eigenvalue weighted by Gasteiger charge is 2.39. The van der Waals surface area contributed by atoms with Crippen LogP contribution in [0.4, 0.5) is 0 Å². The Hall–Kier alpha value is -2.34. The number of rotatable bonds is 7. The lowest BCUT2D eigenvalue weighted by Crippen LogP contribution is -2.33. The SMILES string of the molecule is O=C1C(SCc2ccccc2)=C(c2cccs2)C(=O)N1CCc1ccc(Cl)cc1. The predicted octanol–water partition coefficient (Wildman–Crippen LogP) is 5.66. The van der Waals surface area contributed by atoms with Crippen LogP contribution in [0, 0.1) is 0 Å². The summed E-state index contributed by atoms with van der Waals surface area (Å²) in [5.41, 5.74) is 2.69. The van der Waals surface area contributed by atoms with Crippen LogP contribution in [0.5, 0.6) is 0 Å². The van der Waals surface area contributed by atoms with E-state index in [-0.39, 0.29) is 11.8 Å². The molecule has 146 valence electrons. The molecule has 0 radical (unpaired) electrons. The fourth-order valence-corrected chi connectivity index (χ4v) is 5.19. The van der Waals surface area contributed by atoms with Gasteiger partial charge >= 0.3 is 0 Å². The molecule has 0 atom stereocenters. The minimum absolute atomic E-state index is 0.201. The van der Waals surface area contributed by atoms with E-state index in [2.05, 4.69) is 0 Å². The van der Waals surface area contributed by atoms with E-state index >= 15 is 0 Å². The highest BCUT2D eigenvalue weighted by molar-refractivity contribution is 8.03. The minimum atomic E-state index is -0.207. The summed E-state index contributed by atoms with van der Waals surface area (Å²) in [5.74, 6) is 0.241. The number of carbonyl (C=O) groups is 2. The van der Waals surface area contributed by atoms with E-state index in [1.165, 1.54) is 28.0 Å². The summed E-state index contributed by atoms with van der Waals surface area (Å²) in [7, 11) is 0. The Morgan fingerprint density at radius 1 is 0.862 bits per heavy atom. The molecule has 0 saturated carbocycles. The number of imide groups is 1. The molecule has 1 aromatic heterocycles. The average molecular weight is 440 g/mol. The van der Waals surface area contributed by atoms with Crippen molar-refractivity contribution in [2.45, 2.75) is 12.2 Å². The molecule has 6 heteroatoms. The van der Waals surface area contributed by atoms with Gasteiger partial charge < -0.3 is 0 Å². The molecule has 0 fully saturated rings. The molecule has 4 rings (SSSR count). The smallest absolute Gasteiger partial charge is 0.268 e. The predicted molar refractivity (Wildman–Crippen MR) is 121 cm³/mol. The molecule has 0 N–H and O–H groups in total. The second-order valence-electron chi connectivity index (χ2n) is 6.59. The van der Waals surface area contributed by atoms with Crippen LogP contribution in [0.15, 0.2) is 77.0 Å². The van der Waals surface area contributed by atoms with Gasteiger partial charge in [-0.05, 0) is 41.1 Å². The highest BCUT2D eigenvalue weighted by Crippen LogP contribution is 2.39. The van der Waals surface area contributed by atoms with Gasteiger partial charge in [-0.3, -0.25) is 14.5 Å². The van der Waals surface area contributed by atoms with Crippen molar-refractivity contribution in [3.05, 3.63) is 98.0 Å². The molecule has 0 spiro atoms. The number of hydrogen-bond donors (Lipinski definition) is 0. The number of benzene rings is 2. The summed E-state index contributed by atoms with van der Waals surface area (Å²) in [6.07, 6.45) is 0.600. The zero-order chi connectivity index (χ0) is 20.2. The number of amides is 2. The van der Waals surface area contributed by atoms with Crippen LogP contribution in [0.1, 0.15) is 16.0 Å². The molecular formula is C23H18ClNO2S2. The lowest BCUT2D eigenvalue weighted by molar-refractivity contribution is -0.136. The number of nitrogens with zero attached hydrogens (tertiary/aromatic N) is 1. The van der Waals surface area contributed by atoms with Gasteiger partial charge in [-0.2, -0.15) is 0 Å². The Balaban J connectivity index is 1.55. The number of thiophene rings is 1. The van der Waals surface area contributed by atoms with Gasteiger partial charge in [-0.1, -0.05) is 60.1 Å². The van der Waals surface area contributed by atoms with Gasteiger partial charge in [0, 0.05) is 22.2 Å². The number of halogens is 1.